The van der Waals surface area contributed by atoms with Crippen molar-refractivity contribution in [1.82, 2.24) is 0 Å². The number of methoxy groups -OCH3 is 1. The maximum atomic E-state index is 9.48. The number of aryl methyl sites for hydroxylation is 1. The molecule has 0 aromatic heterocycles. The van der Waals surface area contributed by atoms with Crippen molar-refractivity contribution in [3.63, 3.8) is 0 Å². The fourth-order valence-corrected chi connectivity index (χ4v) is 2.62. The van der Waals surface area contributed by atoms with Gasteiger partial charge in [0.05, 0.1) is 18.6 Å². The number of benzene rings is 1. The van der Waals surface area contributed by atoms with E-state index in [1.807, 2.05) is 12.1 Å². The van der Waals surface area contributed by atoms with E-state index in [0.717, 1.165) is 37.0 Å². The summed E-state index contributed by atoms with van der Waals surface area (Å²) in [7, 11) is 1.67. The van der Waals surface area contributed by atoms with Gasteiger partial charge in [-0.05, 0) is 25.8 Å². The molecule has 1 aliphatic carbocycles. The molecule has 0 aliphatic heterocycles. The Bertz CT molecular complexity index is 425. The Kier molecular flexibility index (Phi) is 2.87. The lowest BCUT2D eigenvalue weighted by molar-refractivity contribution is 0.397. The molecule has 0 bridgehead atoms. The molecule has 2 rings (SSSR count). The van der Waals surface area contributed by atoms with Crippen molar-refractivity contribution >= 4 is 0 Å². The molecule has 1 aromatic carbocycles. The van der Waals surface area contributed by atoms with Gasteiger partial charge in [0.2, 0.25) is 0 Å². The molecule has 0 saturated heterocycles. The fourth-order valence-electron chi connectivity index (χ4n) is 2.62. The average molecular weight is 215 g/mol. The van der Waals surface area contributed by atoms with Gasteiger partial charge in [0, 0.05) is 5.56 Å². The molecule has 0 radical (unpaired) electrons. The maximum absolute atomic E-state index is 9.48. The summed E-state index contributed by atoms with van der Waals surface area (Å²) in [6, 6.07) is 8.62. The zero-order chi connectivity index (χ0) is 11.6. The first-order valence-electron chi connectivity index (χ1n) is 5.78. The zero-order valence-electron chi connectivity index (χ0n) is 9.92. The highest BCUT2D eigenvalue weighted by molar-refractivity contribution is 5.46. The molecule has 1 aliphatic rings. The van der Waals surface area contributed by atoms with Gasteiger partial charge in [-0.3, -0.25) is 0 Å². The normalized spacial score (nSPS) is 18.1. The van der Waals surface area contributed by atoms with Crippen LogP contribution >= 0.6 is 0 Å². The van der Waals surface area contributed by atoms with Crippen LogP contribution in [0.15, 0.2) is 18.2 Å². The Morgan fingerprint density at radius 2 is 2.00 bits per heavy atom. The van der Waals surface area contributed by atoms with Gasteiger partial charge in [0.25, 0.3) is 0 Å². The molecule has 2 nitrogen and oxygen atoms in total. The van der Waals surface area contributed by atoms with Crippen LogP contribution in [0.4, 0.5) is 0 Å². The molecule has 84 valence electrons. The van der Waals surface area contributed by atoms with Gasteiger partial charge in [-0.1, -0.05) is 30.5 Å². The number of hydrogen-bond acceptors (Lipinski definition) is 2. The first-order chi connectivity index (χ1) is 7.72. The largest absolute Gasteiger partial charge is 0.496 e. The number of nitrogens with zero attached hydrogens (tertiary/aromatic N) is 1. The average Bonchev–Trinajstić information content (AvgIpc) is 2.78. The van der Waals surface area contributed by atoms with E-state index in [0.29, 0.717) is 0 Å². The standard InChI is InChI=1S/C14H17NO/c1-11-5-6-13(16-2)12(9-11)14(10-15)7-3-4-8-14/h5-6,9H,3-4,7-8H2,1-2H3. The number of rotatable bonds is 2. The van der Waals surface area contributed by atoms with Crippen LogP contribution in [0.5, 0.6) is 5.75 Å². The summed E-state index contributed by atoms with van der Waals surface area (Å²) < 4.78 is 5.39. The van der Waals surface area contributed by atoms with E-state index in [-0.39, 0.29) is 5.41 Å². The summed E-state index contributed by atoms with van der Waals surface area (Å²) >= 11 is 0. The van der Waals surface area contributed by atoms with E-state index >= 15 is 0 Å². The third kappa shape index (κ3) is 1.67. The minimum atomic E-state index is -0.308. The molecule has 0 N–H and O–H groups in total. The lowest BCUT2D eigenvalue weighted by atomic mass is 9.79. The van der Waals surface area contributed by atoms with Crippen molar-refractivity contribution in [3.8, 4) is 11.8 Å². The second-order valence-electron chi connectivity index (χ2n) is 4.60. The number of nitriles is 1. The zero-order valence-corrected chi connectivity index (χ0v) is 9.92. The monoisotopic (exact) mass is 215 g/mol. The van der Waals surface area contributed by atoms with Crippen molar-refractivity contribution in [2.24, 2.45) is 0 Å². The highest BCUT2D eigenvalue weighted by atomic mass is 16.5. The van der Waals surface area contributed by atoms with Crippen LogP contribution in [0.3, 0.4) is 0 Å². The summed E-state index contributed by atoms with van der Waals surface area (Å²) in [6.45, 7) is 2.06. The van der Waals surface area contributed by atoms with Gasteiger partial charge in [0.1, 0.15) is 5.75 Å². The Morgan fingerprint density at radius 1 is 1.31 bits per heavy atom. The SMILES string of the molecule is COc1ccc(C)cc1C1(C#N)CCCC1. The Labute approximate surface area is 96.9 Å². The van der Waals surface area contributed by atoms with E-state index < -0.39 is 0 Å². The highest BCUT2D eigenvalue weighted by Crippen LogP contribution is 2.44. The molecule has 2 heteroatoms. The van der Waals surface area contributed by atoms with E-state index in [1.54, 1.807) is 7.11 Å². The predicted molar refractivity (Wildman–Crippen MR) is 63.5 cm³/mol. The smallest absolute Gasteiger partial charge is 0.123 e. The van der Waals surface area contributed by atoms with Crippen LogP contribution in [-0.4, -0.2) is 7.11 Å². The lowest BCUT2D eigenvalue weighted by Crippen LogP contribution is -2.20. The van der Waals surface area contributed by atoms with Crippen molar-refractivity contribution in [2.75, 3.05) is 7.11 Å². The highest BCUT2D eigenvalue weighted by Gasteiger charge is 2.38. The minimum absolute atomic E-state index is 0.308. The number of ether oxygens (including phenoxy) is 1. The maximum Gasteiger partial charge on any atom is 0.123 e. The second kappa shape index (κ2) is 4.17. The summed E-state index contributed by atoms with van der Waals surface area (Å²) in [6.07, 6.45) is 4.21. The van der Waals surface area contributed by atoms with Crippen LogP contribution in [0.25, 0.3) is 0 Å². The van der Waals surface area contributed by atoms with Gasteiger partial charge >= 0.3 is 0 Å². The molecule has 0 amide bonds. The van der Waals surface area contributed by atoms with Crippen molar-refractivity contribution in [1.29, 1.82) is 5.26 Å². The number of hydrogen-bond donors (Lipinski definition) is 0. The van der Waals surface area contributed by atoms with Crippen LogP contribution in [0.2, 0.25) is 0 Å². The summed E-state index contributed by atoms with van der Waals surface area (Å²) in [4.78, 5) is 0. The van der Waals surface area contributed by atoms with Gasteiger partial charge in [0.15, 0.2) is 0 Å². The van der Waals surface area contributed by atoms with E-state index in [9.17, 15) is 5.26 Å². The molecule has 0 heterocycles. The van der Waals surface area contributed by atoms with E-state index in [1.165, 1.54) is 5.56 Å². The van der Waals surface area contributed by atoms with Gasteiger partial charge in [-0.2, -0.15) is 5.26 Å². The van der Waals surface area contributed by atoms with Crippen LogP contribution in [-0.2, 0) is 5.41 Å². The first-order valence-corrected chi connectivity index (χ1v) is 5.78. The van der Waals surface area contributed by atoms with Crippen LogP contribution in [0.1, 0.15) is 36.8 Å². The third-order valence-corrected chi connectivity index (χ3v) is 3.54. The molecule has 0 atom stereocenters. The van der Waals surface area contributed by atoms with E-state index in [4.69, 9.17) is 4.74 Å². The Hall–Kier alpha value is -1.49. The molecule has 1 aromatic rings. The van der Waals surface area contributed by atoms with Gasteiger partial charge in [-0.15, -0.1) is 0 Å². The quantitative estimate of drug-likeness (QED) is 0.758. The molecule has 0 spiro atoms. The molecule has 1 fully saturated rings. The molecule has 1 saturated carbocycles. The topological polar surface area (TPSA) is 33.0 Å². The van der Waals surface area contributed by atoms with Crippen molar-refractivity contribution in [2.45, 2.75) is 38.0 Å². The fraction of sp³-hybridized carbons (Fsp3) is 0.500. The van der Waals surface area contributed by atoms with E-state index in [2.05, 4.69) is 19.1 Å². The van der Waals surface area contributed by atoms with Gasteiger partial charge in [-0.25, -0.2) is 0 Å². The van der Waals surface area contributed by atoms with Gasteiger partial charge < -0.3 is 4.74 Å². The van der Waals surface area contributed by atoms with Crippen LogP contribution < -0.4 is 4.74 Å². The molecular weight excluding hydrogens is 198 g/mol. The Balaban J connectivity index is 2.53. The van der Waals surface area contributed by atoms with Crippen LogP contribution in [0, 0.1) is 18.3 Å². The lowest BCUT2D eigenvalue weighted by Gasteiger charge is -2.23. The molecule has 16 heavy (non-hydrogen) atoms. The molecule has 0 unspecified atom stereocenters. The summed E-state index contributed by atoms with van der Waals surface area (Å²) in [5, 5.41) is 9.48. The first kappa shape index (κ1) is 11.0. The minimum Gasteiger partial charge on any atom is -0.496 e. The predicted octanol–water partition coefficient (Wildman–Crippen LogP) is 3.34. The Morgan fingerprint density at radius 3 is 2.56 bits per heavy atom. The summed E-state index contributed by atoms with van der Waals surface area (Å²) in [5.74, 6) is 0.856. The van der Waals surface area contributed by atoms with Crippen molar-refractivity contribution in [3.05, 3.63) is 29.3 Å². The summed E-state index contributed by atoms with van der Waals surface area (Å²) in [5.41, 5.74) is 1.96. The van der Waals surface area contributed by atoms with Crippen molar-refractivity contribution < 1.29 is 4.74 Å². The third-order valence-electron chi connectivity index (χ3n) is 3.54. The second-order valence-corrected chi connectivity index (χ2v) is 4.60. The molecular formula is C14H17NO.